The van der Waals surface area contributed by atoms with Gasteiger partial charge in [-0.1, -0.05) is 28.1 Å². The topological polar surface area (TPSA) is 17.1 Å². The zero-order valence-electron chi connectivity index (χ0n) is 8.28. The number of carbonyl (C=O) groups is 1. The zero-order chi connectivity index (χ0) is 11.5. The van der Waals surface area contributed by atoms with Gasteiger partial charge in [-0.15, -0.1) is 0 Å². The van der Waals surface area contributed by atoms with Crippen LogP contribution in [0, 0.1) is 3.57 Å². The lowest BCUT2D eigenvalue weighted by Gasteiger charge is -2.04. The Labute approximate surface area is 116 Å². The number of aldehydes is 1. The SMILES string of the molecule is O=Cc1cc(I)cc(-c2ccc(Br)cc2)c1. The highest BCUT2D eigenvalue weighted by Gasteiger charge is 2.01. The molecule has 2 aromatic carbocycles. The maximum Gasteiger partial charge on any atom is 0.150 e. The molecule has 0 fully saturated rings. The molecule has 3 heteroatoms. The van der Waals surface area contributed by atoms with Crippen LogP contribution < -0.4 is 0 Å². The van der Waals surface area contributed by atoms with Gasteiger partial charge in [0.1, 0.15) is 6.29 Å². The van der Waals surface area contributed by atoms with E-state index in [1.165, 1.54) is 0 Å². The number of hydrogen-bond acceptors (Lipinski definition) is 1. The van der Waals surface area contributed by atoms with Crippen molar-refractivity contribution in [2.45, 2.75) is 0 Å². The van der Waals surface area contributed by atoms with Crippen molar-refractivity contribution in [3.63, 3.8) is 0 Å². The Morgan fingerprint density at radius 3 is 2.31 bits per heavy atom. The normalized spacial score (nSPS) is 10.1. The highest BCUT2D eigenvalue weighted by atomic mass is 127. The number of benzene rings is 2. The molecule has 2 rings (SSSR count). The minimum absolute atomic E-state index is 0.713. The highest BCUT2D eigenvalue weighted by Crippen LogP contribution is 2.24. The molecule has 0 amide bonds. The van der Waals surface area contributed by atoms with E-state index in [1.807, 2.05) is 36.4 Å². The molecule has 16 heavy (non-hydrogen) atoms. The average Bonchev–Trinajstić information content (AvgIpc) is 2.29. The van der Waals surface area contributed by atoms with Crippen molar-refractivity contribution < 1.29 is 4.79 Å². The number of carbonyl (C=O) groups excluding carboxylic acids is 1. The van der Waals surface area contributed by atoms with Crippen LogP contribution in [-0.2, 0) is 0 Å². The van der Waals surface area contributed by atoms with Crippen LogP contribution in [-0.4, -0.2) is 6.29 Å². The summed E-state index contributed by atoms with van der Waals surface area (Å²) >= 11 is 5.62. The van der Waals surface area contributed by atoms with Crippen molar-refractivity contribution in [2.24, 2.45) is 0 Å². The Morgan fingerprint density at radius 1 is 1.00 bits per heavy atom. The molecule has 0 saturated heterocycles. The first kappa shape index (κ1) is 11.8. The van der Waals surface area contributed by atoms with E-state index in [4.69, 9.17) is 0 Å². The summed E-state index contributed by atoms with van der Waals surface area (Å²) in [5.74, 6) is 0. The van der Waals surface area contributed by atoms with E-state index < -0.39 is 0 Å². The number of rotatable bonds is 2. The van der Waals surface area contributed by atoms with E-state index in [0.717, 1.165) is 25.5 Å². The lowest BCUT2D eigenvalue weighted by atomic mass is 10.0. The fraction of sp³-hybridized carbons (Fsp3) is 0. The quantitative estimate of drug-likeness (QED) is 0.547. The van der Waals surface area contributed by atoms with Gasteiger partial charge in [0, 0.05) is 13.6 Å². The fourth-order valence-electron chi connectivity index (χ4n) is 1.49. The van der Waals surface area contributed by atoms with Crippen LogP contribution in [0.4, 0.5) is 0 Å². The molecule has 0 aliphatic rings. The Hall–Kier alpha value is -0.680. The fourth-order valence-corrected chi connectivity index (χ4v) is 2.45. The summed E-state index contributed by atoms with van der Waals surface area (Å²) in [5, 5.41) is 0. The third-order valence-corrected chi connectivity index (χ3v) is 3.39. The molecular formula is C13H8BrIO. The van der Waals surface area contributed by atoms with E-state index in [-0.39, 0.29) is 0 Å². The van der Waals surface area contributed by atoms with Crippen LogP contribution in [0.25, 0.3) is 11.1 Å². The van der Waals surface area contributed by atoms with Gasteiger partial charge in [0.15, 0.2) is 0 Å². The molecule has 0 heterocycles. The second-order valence-corrected chi connectivity index (χ2v) is 5.56. The van der Waals surface area contributed by atoms with Gasteiger partial charge in [-0.25, -0.2) is 0 Å². The lowest BCUT2D eigenvalue weighted by molar-refractivity contribution is 0.112. The van der Waals surface area contributed by atoms with Gasteiger partial charge in [-0.2, -0.15) is 0 Å². The molecule has 0 radical (unpaired) electrons. The van der Waals surface area contributed by atoms with Gasteiger partial charge < -0.3 is 0 Å². The summed E-state index contributed by atoms with van der Waals surface area (Å²) < 4.78 is 2.12. The largest absolute Gasteiger partial charge is 0.298 e. The molecule has 1 nitrogen and oxygen atoms in total. The molecule has 0 aromatic heterocycles. The standard InChI is InChI=1S/C13H8BrIO/c14-12-3-1-10(2-4-12)11-5-9(8-16)6-13(15)7-11/h1-8H. The van der Waals surface area contributed by atoms with Gasteiger partial charge >= 0.3 is 0 Å². The van der Waals surface area contributed by atoms with Crippen LogP contribution in [0.1, 0.15) is 10.4 Å². The summed E-state index contributed by atoms with van der Waals surface area (Å²) in [7, 11) is 0. The van der Waals surface area contributed by atoms with Gasteiger partial charge in [0.05, 0.1) is 0 Å². The predicted molar refractivity (Wildman–Crippen MR) is 77.7 cm³/mol. The van der Waals surface area contributed by atoms with Crippen molar-refractivity contribution in [3.05, 3.63) is 56.1 Å². The predicted octanol–water partition coefficient (Wildman–Crippen LogP) is 4.53. The van der Waals surface area contributed by atoms with Crippen LogP contribution in [0.5, 0.6) is 0 Å². The minimum Gasteiger partial charge on any atom is -0.298 e. The second kappa shape index (κ2) is 5.10. The van der Waals surface area contributed by atoms with Crippen molar-refractivity contribution in [1.82, 2.24) is 0 Å². The summed E-state index contributed by atoms with van der Waals surface area (Å²) in [5.41, 5.74) is 2.90. The molecule has 0 unspecified atom stereocenters. The van der Waals surface area contributed by atoms with Crippen molar-refractivity contribution in [3.8, 4) is 11.1 Å². The van der Waals surface area contributed by atoms with E-state index in [0.29, 0.717) is 5.56 Å². The first-order valence-corrected chi connectivity index (χ1v) is 6.58. The van der Waals surface area contributed by atoms with Gasteiger partial charge in [-0.3, -0.25) is 4.79 Å². The van der Waals surface area contributed by atoms with Crippen molar-refractivity contribution >= 4 is 44.8 Å². The van der Waals surface area contributed by atoms with Crippen molar-refractivity contribution in [2.75, 3.05) is 0 Å². The van der Waals surface area contributed by atoms with E-state index in [1.54, 1.807) is 0 Å². The molecule has 0 N–H and O–H groups in total. The Kier molecular flexibility index (Phi) is 3.76. The van der Waals surface area contributed by atoms with Gasteiger partial charge in [-0.05, 0) is 64.0 Å². The molecule has 0 saturated carbocycles. The average molecular weight is 387 g/mol. The Balaban J connectivity index is 2.51. The number of halogens is 2. The molecule has 0 spiro atoms. The minimum atomic E-state index is 0.713. The zero-order valence-corrected chi connectivity index (χ0v) is 12.0. The van der Waals surface area contributed by atoms with Crippen LogP contribution >= 0.6 is 38.5 Å². The summed E-state index contributed by atoms with van der Waals surface area (Å²) in [6, 6.07) is 13.9. The summed E-state index contributed by atoms with van der Waals surface area (Å²) in [4.78, 5) is 10.8. The monoisotopic (exact) mass is 386 g/mol. The van der Waals surface area contributed by atoms with Gasteiger partial charge in [0.25, 0.3) is 0 Å². The molecule has 80 valence electrons. The third-order valence-electron chi connectivity index (χ3n) is 2.23. The Morgan fingerprint density at radius 2 is 1.69 bits per heavy atom. The van der Waals surface area contributed by atoms with Gasteiger partial charge in [0.2, 0.25) is 0 Å². The third kappa shape index (κ3) is 2.71. The molecule has 2 aromatic rings. The second-order valence-electron chi connectivity index (χ2n) is 3.40. The summed E-state index contributed by atoms with van der Waals surface area (Å²) in [6.07, 6.45) is 0.879. The van der Waals surface area contributed by atoms with Crippen LogP contribution in [0.3, 0.4) is 0 Å². The first-order valence-electron chi connectivity index (χ1n) is 4.71. The molecule has 0 aliphatic heterocycles. The maximum absolute atomic E-state index is 10.8. The van der Waals surface area contributed by atoms with Crippen molar-refractivity contribution in [1.29, 1.82) is 0 Å². The lowest BCUT2D eigenvalue weighted by Crippen LogP contribution is -1.85. The highest BCUT2D eigenvalue weighted by molar-refractivity contribution is 14.1. The number of hydrogen-bond donors (Lipinski definition) is 0. The van der Waals surface area contributed by atoms with E-state index in [2.05, 4.69) is 44.6 Å². The van der Waals surface area contributed by atoms with E-state index in [9.17, 15) is 4.79 Å². The maximum atomic E-state index is 10.8. The molecule has 0 aliphatic carbocycles. The van der Waals surface area contributed by atoms with Crippen LogP contribution in [0.15, 0.2) is 46.9 Å². The smallest absolute Gasteiger partial charge is 0.150 e. The van der Waals surface area contributed by atoms with E-state index >= 15 is 0 Å². The Bertz CT molecular complexity index is 520. The molecule has 0 bridgehead atoms. The first-order chi connectivity index (χ1) is 7.69. The molecule has 0 atom stereocenters. The summed E-state index contributed by atoms with van der Waals surface area (Å²) in [6.45, 7) is 0. The molecular weight excluding hydrogens is 379 g/mol. The van der Waals surface area contributed by atoms with Crippen LogP contribution in [0.2, 0.25) is 0 Å².